The SMILES string of the molecule is CCC1=CCC(C(C)CCNC(C)C)=C1CC. The van der Waals surface area contributed by atoms with Gasteiger partial charge >= 0.3 is 0 Å². The van der Waals surface area contributed by atoms with Gasteiger partial charge in [0.1, 0.15) is 0 Å². The van der Waals surface area contributed by atoms with Crippen LogP contribution >= 0.6 is 0 Å². The lowest BCUT2D eigenvalue weighted by atomic mass is 9.91. The minimum atomic E-state index is 0.606. The van der Waals surface area contributed by atoms with Gasteiger partial charge in [-0.05, 0) is 49.3 Å². The molecule has 17 heavy (non-hydrogen) atoms. The van der Waals surface area contributed by atoms with Crippen LogP contribution in [0.4, 0.5) is 0 Å². The summed E-state index contributed by atoms with van der Waals surface area (Å²) in [6, 6.07) is 0.606. The normalized spacial score (nSPS) is 17.9. The number of allylic oxidation sites excluding steroid dienone is 4. The van der Waals surface area contributed by atoms with E-state index < -0.39 is 0 Å². The number of nitrogens with one attached hydrogen (secondary N) is 1. The number of hydrogen-bond donors (Lipinski definition) is 1. The first-order chi connectivity index (χ1) is 8.10. The Balaban J connectivity index is 2.54. The van der Waals surface area contributed by atoms with Gasteiger partial charge in [-0.3, -0.25) is 0 Å². The van der Waals surface area contributed by atoms with Gasteiger partial charge in [0.25, 0.3) is 0 Å². The summed E-state index contributed by atoms with van der Waals surface area (Å²) in [5, 5.41) is 3.52. The topological polar surface area (TPSA) is 12.0 Å². The third-order valence-electron chi connectivity index (χ3n) is 3.80. The standard InChI is InChI=1S/C16H29N/c1-6-14-8-9-16(15(14)7-2)13(5)10-11-17-12(3)4/h8,12-13,17H,6-7,9-11H2,1-5H3. The second-order valence-corrected chi connectivity index (χ2v) is 5.44. The summed E-state index contributed by atoms with van der Waals surface area (Å²) in [6.45, 7) is 12.5. The molecule has 0 fully saturated rings. The summed E-state index contributed by atoms with van der Waals surface area (Å²) in [6.07, 6.45) is 7.32. The van der Waals surface area contributed by atoms with Crippen LogP contribution in [0.3, 0.4) is 0 Å². The summed E-state index contributed by atoms with van der Waals surface area (Å²) in [5.74, 6) is 0.733. The molecule has 0 aromatic carbocycles. The highest BCUT2D eigenvalue weighted by Crippen LogP contribution is 2.35. The van der Waals surface area contributed by atoms with Gasteiger partial charge in [-0.2, -0.15) is 0 Å². The van der Waals surface area contributed by atoms with E-state index in [1.54, 1.807) is 16.7 Å². The van der Waals surface area contributed by atoms with E-state index in [1.807, 2.05) is 0 Å². The Morgan fingerprint density at radius 1 is 1.18 bits per heavy atom. The smallest absolute Gasteiger partial charge is 0.00103 e. The van der Waals surface area contributed by atoms with Crippen LogP contribution in [0, 0.1) is 5.92 Å². The van der Waals surface area contributed by atoms with Crippen LogP contribution in [0.1, 0.15) is 60.3 Å². The number of rotatable bonds is 7. The van der Waals surface area contributed by atoms with Gasteiger partial charge in [0.2, 0.25) is 0 Å². The van der Waals surface area contributed by atoms with Crippen molar-refractivity contribution in [2.45, 2.75) is 66.3 Å². The van der Waals surface area contributed by atoms with Crippen LogP contribution in [0.5, 0.6) is 0 Å². The maximum Gasteiger partial charge on any atom is 0.00103 e. The third-order valence-corrected chi connectivity index (χ3v) is 3.80. The molecule has 1 N–H and O–H groups in total. The Morgan fingerprint density at radius 3 is 2.41 bits per heavy atom. The van der Waals surface area contributed by atoms with Crippen molar-refractivity contribution in [3.05, 3.63) is 22.8 Å². The summed E-state index contributed by atoms with van der Waals surface area (Å²) in [7, 11) is 0. The zero-order chi connectivity index (χ0) is 12.8. The molecule has 0 bridgehead atoms. The van der Waals surface area contributed by atoms with Crippen LogP contribution in [-0.4, -0.2) is 12.6 Å². The van der Waals surface area contributed by atoms with Crippen molar-refractivity contribution in [3.8, 4) is 0 Å². The first kappa shape index (κ1) is 14.5. The van der Waals surface area contributed by atoms with Crippen molar-refractivity contribution < 1.29 is 0 Å². The second kappa shape index (κ2) is 7.00. The molecule has 0 radical (unpaired) electrons. The van der Waals surface area contributed by atoms with Gasteiger partial charge in [0.05, 0.1) is 0 Å². The molecule has 1 unspecified atom stereocenters. The van der Waals surface area contributed by atoms with Crippen molar-refractivity contribution in [1.82, 2.24) is 5.32 Å². The van der Waals surface area contributed by atoms with Crippen molar-refractivity contribution in [2.24, 2.45) is 5.92 Å². The molecule has 0 aliphatic heterocycles. The average Bonchev–Trinajstić information content (AvgIpc) is 2.70. The van der Waals surface area contributed by atoms with Gasteiger partial charge in [-0.1, -0.05) is 46.3 Å². The van der Waals surface area contributed by atoms with Crippen LogP contribution < -0.4 is 5.32 Å². The lowest BCUT2D eigenvalue weighted by Gasteiger charge is -2.18. The molecule has 1 aliphatic carbocycles. The molecule has 0 heterocycles. The molecule has 0 amide bonds. The van der Waals surface area contributed by atoms with Crippen LogP contribution in [-0.2, 0) is 0 Å². The van der Waals surface area contributed by atoms with Gasteiger partial charge in [0, 0.05) is 6.04 Å². The Morgan fingerprint density at radius 2 is 1.88 bits per heavy atom. The molecule has 98 valence electrons. The first-order valence-electron chi connectivity index (χ1n) is 7.24. The molecule has 0 aromatic rings. The van der Waals surface area contributed by atoms with Gasteiger partial charge in [-0.25, -0.2) is 0 Å². The molecule has 0 saturated carbocycles. The fraction of sp³-hybridized carbons (Fsp3) is 0.750. The van der Waals surface area contributed by atoms with E-state index >= 15 is 0 Å². The van der Waals surface area contributed by atoms with E-state index in [9.17, 15) is 0 Å². The molecular formula is C16H29N. The Bertz CT molecular complexity index is 297. The highest BCUT2D eigenvalue weighted by Gasteiger charge is 2.19. The fourth-order valence-electron chi connectivity index (χ4n) is 2.76. The quantitative estimate of drug-likeness (QED) is 0.687. The minimum Gasteiger partial charge on any atom is -0.315 e. The molecule has 1 heteroatoms. The van der Waals surface area contributed by atoms with E-state index in [4.69, 9.17) is 0 Å². The molecule has 1 atom stereocenters. The second-order valence-electron chi connectivity index (χ2n) is 5.44. The predicted octanol–water partition coefficient (Wildman–Crippen LogP) is 4.46. The highest BCUT2D eigenvalue weighted by atomic mass is 14.9. The first-order valence-corrected chi connectivity index (χ1v) is 7.24. The summed E-state index contributed by atoms with van der Waals surface area (Å²) in [4.78, 5) is 0. The lowest BCUT2D eigenvalue weighted by Crippen LogP contribution is -2.25. The summed E-state index contributed by atoms with van der Waals surface area (Å²) >= 11 is 0. The lowest BCUT2D eigenvalue weighted by molar-refractivity contribution is 0.512. The van der Waals surface area contributed by atoms with Crippen molar-refractivity contribution >= 4 is 0 Å². The third kappa shape index (κ3) is 3.99. The Kier molecular flexibility index (Phi) is 5.97. The molecule has 1 aliphatic rings. The maximum absolute atomic E-state index is 3.52. The summed E-state index contributed by atoms with van der Waals surface area (Å²) < 4.78 is 0. The zero-order valence-corrected chi connectivity index (χ0v) is 12.3. The van der Waals surface area contributed by atoms with E-state index in [0.29, 0.717) is 6.04 Å². The minimum absolute atomic E-state index is 0.606. The van der Waals surface area contributed by atoms with Gasteiger partial charge < -0.3 is 5.32 Å². The molecule has 0 aromatic heterocycles. The fourth-order valence-corrected chi connectivity index (χ4v) is 2.76. The van der Waals surface area contributed by atoms with E-state index in [-0.39, 0.29) is 0 Å². The van der Waals surface area contributed by atoms with E-state index in [0.717, 1.165) is 12.5 Å². The summed E-state index contributed by atoms with van der Waals surface area (Å²) in [5.41, 5.74) is 4.96. The Labute approximate surface area is 107 Å². The van der Waals surface area contributed by atoms with E-state index in [2.05, 4.69) is 46.0 Å². The molecule has 1 rings (SSSR count). The Hall–Kier alpha value is -0.560. The van der Waals surface area contributed by atoms with E-state index in [1.165, 1.54) is 25.7 Å². The van der Waals surface area contributed by atoms with Gasteiger partial charge in [-0.15, -0.1) is 0 Å². The van der Waals surface area contributed by atoms with Crippen molar-refractivity contribution in [3.63, 3.8) is 0 Å². The number of hydrogen-bond acceptors (Lipinski definition) is 1. The van der Waals surface area contributed by atoms with Crippen LogP contribution in [0.2, 0.25) is 0 Å². The molecular weight excluding hydrogens is 206 g/mol. The maximum atomic E-state index is 3.52. The average molecular weight is 235 g/mol. The van der Waals surface area contributed by atoms with Crippen molar-refractivity contribution in [2.75, 3.05) is 6.54 Å². The predicted molar refractivity (Wildman–Crippen MR) is 77.2 cm³/mol. The molecule has 1 nitrogen and oxygen atoms in total. The highest BCUT2D eigenvalue weighted by molar-refractivity contribution is 5.43. The zero-order valence-electron chi connectivity index (χ0n) is 12.3. The monoisotopic (exact) mass is 235 g/mol. The van der Waals surface area contributed by atoms with Gasteiger partial charge in [0.15, 0.2) is 0 Å². The van der Waals surface area contributed by atoms with Crippen molar-refractivity contribution in [1.29, 1.82) is 0 Å². The van der Waals surface area contributed by atoms with Crippen LogP contribution in [0.25, 0.3) is 0 Å². The molecule has 0 spiro atoms. The van der Waals surface area contributed by atoms with Crippen LogP contribution in [0.15, 0.2) is 22.8 Å². The largest absolute Gasteiger partial charge is 0.315 e. The molecule has 0 saturated heterocycles.